The standard InChI is InChI=1S/C72H129NO13/c1-3-5-7-9-11-13-15-17-19-20-21-22-23-24-25-26-27-28-29-30-31-32-33-34-35-36-37-38-39-40-42-44-46-48-50-52-54-56-64(77)73-60(61(76)55-53-51-49-47-45-43-41-18-16-14-12-10-8-6-4-2)59-83-71-69(82)67(80)70(63(58-75)85-71)86-72-68(81)66(79)65(78)62(57-74)84-72/h15-18,20-21,23-24,45,47,53,55,60-63,65-72,74-76,78-82H,3-14,19,22,25-44,46,48-52,54,56-59H2,1-2H3,(H,73,77)/b17-15-,18-16+,21-20-,24-23-,47-45+,55-53+. The van der Waals surface area contributed by atoms with Crippen LogP contribution in [0.1, 0.15) is 284 Å². The molecule has 0 aromatic carbocycles. The van der Waals surface area contributed by atoms with Gasteiger partial charge in [0.15, 0.2) is 12.6 Å². The number of carbonyl (C=O) groups is 1. The van der Waals surface area contributed by atoms with Crippen molar-refractivity contribution < 1.29 is 64.6 Å². The number of allylic oxidation sites excluding steroid dienone is 11. The van der Waals surface area contributed by atoms with E-state index in [0.717, 1.165) is 57.8 Å². The lowest BCUT2D eigenvalue weighted by atomic mass is 9.97. The summed E-state index contributed by atoms with van der Waals surface area (Å²) >= 11 is 0. The molecular formula is C72H129NO13. The molecule has 9 N–H and O–H groups in total. The molecule has 0 saturated carbocycles. The Labute approximate surface area is 523 Å². The Morgan fingerprint density at radius 3 is 1.22 bits per heavy atom. The Morgan fingerprint density at radius 1 is 0.419 bits per heavy atom. The Hall–Kier alpha value is -2.57. The van der Waals surface area contributed by atoms with Crippen molar-refractivity contribution >= 4 is 5.91 Å². The third kappa shape index (κ3) is 40.2. The summed E-state index contributed by atoms with van der Waals surface area (Å²) in [7, 11) is 0. The second-order valence-corrected chi connectivity index (χ2v) is 24.6. The van der Waals surface area contributed by atoms with Crippen LogP contribution in [0.5, 0.6) is 0 Å². The number of rotatable bonds is 57. The number of carbonyl (C=O) groups excluding carboxylic acids is 1. The summed E-state index contributed by atoms with van der Waals surface area (Å²) in [6, 6.07) is -0.939. The van der Waals surface area contributed by atoms with E-state index in [0.29, 0.717) is 12.8 Å². The molecular weight excluding hydrogens is 1090 g/mol. The first-order chi connectivity index (χ1) is 42.1. The molecule has 0 aromatic rings. The summed E-state index contributed by atoms with van der Waals surface area (Å²) in [5.74, 6) is -0.251. The molecule has 14 nitrogen and oxygen atoms in total. The molecule has 86 heavy (non-hydrogen) atoms. The first-order valence-electron chi connectivity index (χ1n) is 35.2. The van der Waals surface area contributed by atoms with Gasteiger partial charge in [0.1, 0.15) is 48.8 Å². The lowest BCUT2D eigenvalue weighted by molar-refractivity contribution is -0.359. The van der Waals surface area contributed by atoms with Crippen LogP contribution in [0.2, 0.25) is 0 Å². The topological polar surface area (TPSA) is 228 Å². The molecule has 14 heteroatoms. The SMILES string of the molecule is CCCCCCC/C=C\C/C=C\C/C=C\CCCCCCCCCCCCCCCCCCCCCCCCC(=O)NC(COC1OC(CO)C(OC2OC(CO)C(O)C(O)C2O)C(O)C1O)C(O)/C=C/CC/C=C/CC/C=C/CCCCCCC. The molecule has 1 amide bonds. The molecule has 2 rings (SSSR count). The lowest BCUT2D eigenvalue weighted by Gasteiger charge is -2.46. The molecule has 0 aliphatic carbocycles. The largest absolute Gasteiger partial charge is 0.394 e. The van der Waals surface area contributed by atoms with E-state index in [-0.39, 0.29) is 18.9 Å². The van der Waals surface area contributed by atoms with E-state index in [2.05, 4.69) is 79.9 Å². The zero-order valence-corrected chi connectivity index (χ0v) is 54.3. The van der Waals surface area contributed by atoms with Crippen LogP contribution in [0.3, 0.4) is 0 Å². The number of hydrogen-bond donors (Lipinski definition) is 9. The van der Waals surface area contributed by atoms with Crippen LogP contribution >= 0.6 is 0 Å². The maximum Gasteiger partial charge on any atom is 0.220 e. The minimum atomic E-state index is -1.79. The summed E-state index contributed by atoms with van der Waals surface area (Å²) < 4.78 is 22.8. The Balaban J connectivity index is 1.60. The number of hydrogen-bond acceptors (Lipinski definition) is 13. The average Bonchev–Trinajstić information content (AvgIpc) is 1.83. The van der Waals surface area contributed by atoms with Gasteiger partial charge in [0.05, 0.1) is 32.0 Å². The highest BCUT2D eigenvalue weighted by Crippen LogP contribution is 2.30. The van der Waals surface area contributed by atoms with E-state index in [1.807, 2.05) is 6.08 Å². The van der Waals surface area contributed by atoms with Crippen molar-refractivity contribution in [3.05, 3.63) is 72.9 Å². The van der Waals surface area contributed by atoms with Gasteiger partial charge in [-0.1, -0.05) is 267 Å². The molecule has 2 saturated heterocycles. The predicted octanol–water partition coefficient (Wildman–Crippen LogP) is 14.2. The highest BCUT2D eigenvalue weighted by molar-refractivity contribution is 5.76. The van der Waals surface area contributed by atoms with Gasteiger partial charge in [0.2, 0.25) is 5.91 Å². The third-order valence-electron chi connectivity index (χ3n) is 16.8. The molecule has 0 spiro atoms. The molecule has 2 aliphatic heterocycles. The van der Waals surface area contributed by atoms with Gasteiger partial charge in [0, 0.05) is 6.42 Å². The van der Waals surface area contributed by atoms with Crippen molar-refractivity contribution in [1.29, 1.82) is 0 Å². The van der Waals surface area contributed by atoms with Crippen molar-refractivity contribution in [3.8, 4) is 0 Å². The number of amides is 1. The second-order valence-electron chi connectivity index (χ2n) is 24.6. The second kappa shape index (κ2) is 56.4. The minimum Gasteiger partial charge on any atom is -0.394 e. The van der Waals surface area contributed by atoms with Crippen molar-refractivity contribution in [2.24, 2.45) is 0 Å². The molecule has 0 radical (unpaired) electrons. The summed E-state index contributed by atoms with van der Waals surface area (Å²) in [5, 5.41) is 87.2. The van der Waals surface area contributed by atoms with Gasteiger partial charge in [-0.2, -0.15) is 0 Å². The first kappa shape index (κ1) is 79.5. The van der Waals surface area contributed by atoms with E-state index in [9.17, 15) is 45.6 Å². The Kier molecular flexibility index (Phi) is 52.2. The molecule has 12 atom stereocenters. The van der Waals surface area contributed by atoms with Crippen LogP contribution in [0, 0.1) is 0 Å². The molecule has 500 valence electrons. The van der Waals surface area contributed by atoms with Crippen LogP contribution in [0.4, 0.5) is 0 Å². The smallest absolute Gasteiger partial charge is 0.220 e. The maximum atomic E-state index is 13.3. The van der Waals surface area contributed by atoms with Crippen LogP contribution in [-0.2, 0) is 23.7 Å². The Morgan fingerprint density at radius 2 is 0.779 bits per heavy atom. The van der Waals surface area contributed by atoms with Gasteiger partial charge in [-0.3, -0.25) is 4.79 Å². The molecule has 12 unspecified atom stereocenters. The van der Waals surface area contributed by atoms with Crippen molar-refractivity contribution in [2.45, 2.75) is 357 Å². The zero-order valence-electron chi connectivity index (χ0n) is 54.3. The number of aliphatic hydroxyl groups excluding tert-OH is 8. The highest BCUT2D eigenvalue weighted by atomic mass is 16.7. The van der Waals surface area contributed by atoms with Crippen LogP contribution in [0.25, 0.3) is 0 Å². The van der Waals surface area contributed by atoms with E-state index < -0.39 is 86.8 Å². The van der Waals surface area contributed by atoms with E-state index >= 15 is 0 Å². The minimum absolute atomic E-state index is 0.251. The number of nitrogens with one attached hydrogen (secondary N) is 1. The van der Waals surface area contributed by atoms with Gasteiger partial charge in [-0.25, -0.2) is 0 Å². The average molecular weight is 1220 g/mol. The maximum absolute atomic E-state index is 13.3. The fraction of sp³-hybridized carbons (Fsp3) is 0.819. The van der Waals surface area contributed by atoms with Crippen molar-refractivity contribution in [1.82, 2.24) is 5.32 Å². The summed E-state index contributed by atoms with van der Waals surface area (Å²) in [6.45, 7) is 2.76. The number of ether oxygens (including phenoxy) is 4. The number of unbranched alkanes of at least 4 members (excludes halogenated alkanes) is 34. The molecule has 2 heterocycles. The van der Waals surface area contributed by atoms with E-state index in [1.54, 1.807) is 6.08 Å². The Bertz CT molecular complexity index is 1720. The van der Waals surface area contributed by atoms with Crippen LogP contribution in [-0.4, -0.2) is 140 Å². The molecule has 2 fully saturated rings. The fourth-order valence-corrected chi connectivity index (χ4v) is 11.2. The summed E-state index contributed by atoms with van der Waals surface area (Å²) in [6.07, 6.45) is 59.8. The van der Waals surface area contributed by atoms with Gasteiger partial charge in [-0.05, 0) is 83.5 Å². The fourth-order valence-electron chi connectivity index (χ4n) is 11.2. The molecule has 0 bridgehead atoms. The lowest BCUT2D eigenvalue weighted by Crippen LogP contribution is -2.65. The van der Waals surface area contributed by atoms with Crippen LogP contribution in [0.15, 0.2) is 72.9 Å². The van der Waals surface area contributed by atoms with Crippen molar-refractivity contribution in [3.63, 3.8) is 0 Å². The van der Waals surface area contributed by atoms with Gasteiger partial charge >= 0.3 is 0 Å². The highest BCUT2D eigenvalue weighted by Gasteiger charge is 2.51. The zero-order chi connectivity index (χ0) is 62.3. The quantitative estimate of drug-likeness (QED) is 0.0204. The first-order valence-corrected chi connectivity index (χ1v) is 35.2. The predicted molar refractivity (Wildman–Crippen MR) is 350 cm³/mol. The molecule has 0 aromatic heterocycles. The summed E-state index contributed by atoms with van der Waals surface area (Å²) in [5.41, 5.74) is 0. The summed E-state index contributed by atoms with van der Waals surface area (Å²) in [4.78, 5) is 13.3. The van der Waals surface area contributed by atoms with Crippen LogP contribution < -0.4 is 5.32 Å². The number of aliphatic hydroxyl groups is 8. The third-order valence-corrected chi connectivity index (χ3v) is 16.8. The normalized spacial score (nSPS) is 23.8. The van der Waals surface area contributed by atoms with Gasteiger partial charge in [0.25, 0.3) is 0 Å². The van der Waals surface area contributed by atoms with Gasteiger partial charge < -0.3 is 65.1 Å². The van der Waals surface area contributed by atoms with E-state index in [1.165, 1.54) is 193 Å². The monoisotopic (exact) mass is 1220 g/mol. The molecule has 2 aliphatic rings. The van der Waals surface area contributed by atoms with Crippen molar-refractivity contribution in [2.75, 3.05) is 19.8 Å². The van der Waals surface area contributed by atoms with Gasteiger partial charge in [-0.15, -0.1) is 0 Å². The van der Waals surface area contributed by atoms with E-state index in [4.69, 9.17) is 18.9 Å².